The smallest absolute Gasteiger partial charge is 0.255 e. The molecule has 1 amide bonds. The maximum absolute atomic E-state index is 13.3. The van der Waals surface area contributed by atoms with Crippen molar-refractivity contribution in [2.24, 2.45) is 17.6 Å². The lowest BCUT2D eigenvalue weighted by molar-refractivity contribution is -0.147. The van der Waals surface area contributed by atoms with Gasteiger partial charge in [0.05, 0.1) is 11.3 Å². The molecule has 0 aromatic heterocycles. The van der Waals surface area contributed by atoms with Crippen LogP contribution in [0.5, 0.6) is 5.75 Å². The molecule has 8 N–H and O–H groups in total. The number of aliphatic hydroxyl groups is 3. The lowest BCUT2D eigenvalue weighted by Crippen LogP contribution is -2.58. The molecular weight excluding hydrogens is 408 g/mol. The van der Waals surface area contributed by atoms with E-state index in [1.54, 1.807) is 0 Å². The van der Waals surface area contributed by atoms with Crippen LogP contribution in [0.3, 0.4) is 0 Å². The average Bonchev–Trinajstić information content (AvgIpc) is 2.66. The zero-order chi connectivity index (χ0) is 23.0. The molecule has 31 heavy (non-hydrogen) atoms. The molecule has 3 aliphatic carbocycles. The number of nitrogen functional groups attached to an aromatic ring is 1. The number of carbonyl (C=O) groups is 4. The van der Waals surface area contributed by atoms with Crippen LogP contribution in [0, 0.1) is 11.8 Å². The largest absolute Gasteiger partial charge is 0.508 e. The van der Waals surface area contributed by atoms with E-state index in [0.717, 1.165) is 0 Å². The number of aliphatic hydroxyl groups excluding tert-OH is 2. The molecule has 1 aromatic carbocycles. The van der Waals surface area contributed by atoms with Crippen molar-refractivity contribution in [1.29, 1.82) is 0 Å². The van der Waals surface area contributed by atoms with E-state index in [1.807, 2.05) is 0 Å². The fourth-order valence-electron chi connectivity index (χ4n) is 5.02. The lowest BCUT2D eigenvalue weighted by Gasteiger charge is -2.46. The van der Waals surface area contributed by atoms with Gasteiger partial charge in [-0.15, -0.1) is 0 Å². The number of rotatable bonds is 2. The van der Waals surface area contributed by atoms with Gasteiger partial charge in [-0.1, -0.05) is 0 Å². The lowest BCUT2D eigenvalue weighted by atomic mass is 9.59. The zero-order valence-corrected chi connectivity index (χ0v) is 16.4. The molecular formula is C21H20N2O8. The summed E-state index contributed by atoms with van der Waals surface area (Å²) in [5, 5.41) is 43.0. The minimum atomic E-state index is -2.63. The highest BCUT2D eigenvalue weighted by molar-refractivity contribution is 6.22. The quantitative estimate of drug-likeness (QED) is 0.165. The van der Waals surface area contributed by atoms with Crippen molar-refractivity contribution < 1.29 is 39.6 Å². The summed E-state index contributed by atoms with van der Waals surface area (Å²) >= 11 is 0. The summed E-state index contributed by atoms with van der Waals surface area (Å²) in [5.74, 6) is -7.67. The summed E-state index contributed by atoms with van der Waals surface area (Å²) in [6.07, 6.45) is -0.364. The molecule has 0 saturated heterocycles. The number of amides is 1. The number of hydrogen-bond donors (Lipinski definition) is 6. The predicted octanol–water partition coefficient (Wildman–Crippen LogP) is 0.209. The van der Waals surface area contributed by atoms with Crippen LogP contribution in [0.15, 0.2) is 23.0 Å². The summed E-state index contributed by atoms with van der Waals surface area (Å²) in [5.41, 5.74) is 7.21. The van der Waals surface area contributed by atoms with Crippen molar-refractivity contribution in [1.82, 2.24) is 0 Å². The molecule has 0 heterocycles. The molecule has 1 fully saturated rings. The van der Waals surface area contributed by atoms with Crippen LogP contribution in [-0.2, 0) is 20.8 Å². The van der Waals surface area contributed by atoms with E-state index in [-0.39, 0.29) is 41.0 Å². The van der Waals surface area contributed by atoms with Gasteiger partial charge in [-0.3, -0.25) is 19.2 Å². The fourth-order valence-corrected chi connectivity index (χ4v) is 5.02. The van der Waals surface area contributed by atoms with Crippen molar-refractivity contribution in [3.63, 3.8) is 0 Å². The Morgan fingerprint density at radius 3 is 2.39 bits per heavy atom. The van der Waals surface area contributed by atoms with Gasteiger partial charge in [0.2, 0.25) is 5.78 Å². The number of phenols is 1. The van der Waals surface area contributed by atoms with Gasteiger partial charge < -0.3 is 31.9 Å². The molecule has 0 spiro atoms. The Bertz CT molecular complexity index is 1180. The number of fused-ring (bicyclic) bond motifs is 3. The maximum atomic E-state index is 13.3. The molecule has 3 aliphatic rings. The monoisotopic (exact) mass is 428 g/mol. The van der Waals surface area contributed by atoms with E-state index in [9.17, 15) is 39.6 Å². The second-order valence-electron chi connectivity index (χ2n) is 8.18. The van der Waals surface area contributed by atoms with Crippen molar-refractivity contribution >= 4 is 34.7 Å². The normalized spacial score (nSPS) is 27.5. The number of ketones is 3. The molecule has 10 nitrogen and oxygen atoms in total. The summed E-state index contributed by atoms with van der Waals surface area (Å²) in [4.78, 5) is 49.4. The second kappa shape index (κ2) is 6.42. The summed E-state index contributed by atoms with van der Waals surface area (Å²) < 4.78 is 0. The molecule has 1 aromatic rings. The Kier molecular flexibility index (Phi) is 4.27. The molecule has 0 bridgehead atoms. The van der Waals surface area contributed by atoms with E-state index in [2.05, 4.69) is 0 Å². The van der Waals surface area contributed by atoms with Gasteiger partial charge in [0.1, 0.15) is 22.8 Å². The Morgan fingerprint density at radius 2 is 1.81 bits per heavy atom. The third-order valence-electron chi connectivity index (χ3n) is 6.47. The first-order valence-corrected chi connectivity index (χ1v) is 9.53. The van der Waals surface area contributed by atoms with Crippen molar-refractivity contribution in [2.45, 2.75) is 31.8 Å². The number of phenolic OH excluding ortho intramolecular Hbond substituents is 1. The van der Waals surface area contributed by atoms with Crippen molar-refractivity contribution in [3.05, 3.63) is 39.7 Å². The minimum Gasteiger partial charge on any atom is -0.508 e. The van der Waals surface area contributed by atoms with Gasteiger partial charge >= 0.3 is 0 Å². The van der Waals surface area contributed by atoms with E-state index in [0.29, 0.717) is 5.56 Å². The van der Waals surface area contributed by atoms with Gasteiger partial charge in [0.15, 0.2) is 17.2 Å². The van der Waals surface area contributed by atoms with Crippen LogP contribution in [0.2, 0.25) is 0 Å². The molecule has 3 unspecified atom stereocenters. The van der Waals surface area contributed by atoms with Crippen LogP contribution < -0.4 is 11.5 Å². The topological polar surface area (TPSA) is 201 Å². The van der Waals surface area contributed by atoms with E-state index in [1.165, 1.54) is 13.0 Å². The molecule has 4 rings (SSSR count). The van der Waals surface area contributed by atoms with Crippen LogP contribution >= 0.6 is 0 Å². The molecule has 1 saturated carbocycles. The standard InChI is InChI=1S/C21H20N2O8/c1-6(24)9-5-11(22)16(26)14-10(9)3-7-2-8-4-12(25)15(20(23)30)19(29)21(8,31)18(28)13(7)17(14)27/h5,7-8,26-27,29,31H,2-4,22H2,1H3,(H2,23,30). The predicted molar refractivity (Wildman–Crippen MR) is 106 cm³/mol. The second-order valence-corrected chi connectivity index (χ2v) is 8.18. The Balaban J connectivity index is 1.98. The van der Waals surface area contributed by atoms with Crippen LogP contribution in [0.4, 0.5) is 5.69 Å². The van der Waals surface area contributed by atoms with Crippen molar-refractivity contribution in [3.8, 4) is 5.75 Å². The average molecular weight is 428 g/mol. The minimum absolute atomic E-state index is 0.00853. The highest BCUT2D eigenvalue weighted by Crippen LogP contribution is 2.52. The number of carbonyl (C=O) groups excluding carboxylic acids is 4. The Hall–Kier alpha value is -3.66. The van der Waals surface area contributed by atoms with Gasteiger partial charge in [-0.05, 0) is 37.3 Å². The van der Waals surface area contributed by atoms with Gasteiger partial charge in [0.25, 0.3) is 5.91 Å². The van der Waals surface area contributed by atoms with E-state index < -0.39 is 64.2 Å². The van der Waals surface area contributed by atoms with Crippen LogP contribution in [0.25, 0.3) is 5.76 Å². The van der Waals surface area contributed by atoms with Gasteiger partial charge in [-0.25, -0.2) is 0 Å². The SMILES string of the molecule is CC(=O)c1cc(N)c(O)c2c1CC1CC3CC(=O)C(C(N)=O)=C(O)C3(O)C(=O)C1=C2O. The third-order valence-corrected chi connectivity index (χ3v) is 6.47. The van der Waals surface area contributed by atoms with Gasteiger partial charge in [0, 0.05) is 23.5 Å². The van der Waals surface area contributed by atoms with E-state index >= 15 is 0 Å². The third kappa shape index (κ3) is 2.54. The van der Waals surface area contributed by atoms with Crippen LogP contribution in [-0.4, -0.2) is 49.3 Å². The first kappa shape index (κ1) is 20.6. The first-order chi connectivity index (χ1) is 14.4. The summed E-state index contributed by atoms with van der Waals surface area (Å²) in [7, 11) is 0. The highest BCUT2D eigenvalue weighted by atomic mass is 16.3. The maximum Gasteiger partial charge on any atom is 0.255 e. The Morgan fingerprint density at radius 1 is 1.16 bits per heavy atom. The van der Waals surface area contributed by atoms with Crippen LogP contribution in [0.1, 0.15) is 41.3 Å². The zero-order valence-electron chi connectivity index (χ0n) is 16.4. The molecule has 10 heteroatoms. The number of anilines is 1. The number of benzene rings is 1. The molecule has 3 atom stereocenters. The summed E-state index contributed by atoms with van der Waals surface area (Å²) in [6.45, 7) is 1.29. The number of primary amides is 1. The van der Waals surface area contributed by atoms with Crippen molar-refractivity contribution in [2.75, 3.05) is 5.73 Å². The first-order valence-electron chi connectivity index (χ1n) is 9.53. The van der Waals surface area contributed by atoms with E-state index in [4.69, 9.17) is 11.5 Å². The number of aromatic hydroxyl groups is 1. The highest BCUT2D eigenvalue weighted by Gasteiger charge is 2.60. The molecule has 0 radical (unpaired) electrons. The van der Waals surface area contributed by atoms with Gasteiger partial charge in [-0.2, -0.15) is 0 Å². The summed E-state index contributed by atoms with van der Waals surface area (Å²) in [6, 6.07) is 1.29. The number of Topliss-reactive ketones (excluding diaryl/α,β-unsaturated/α-hetero) is 3. The molecule has 162 valence electrons. The Labute approximate surface area is 175 Å². The number of hydrogen-bond acceptors (Lipinski definition) is 9. The molecule has 0 aliphatic heterocycles. The number of nitrogens with two attached hydrogens (primary N) is 2. The fraction of sp³-hybridized carbons (Fsp3) is 0.333.